The van der Waals surface area contributed by atoms with Crippen LogP contribution in [0.15, 0.2) is 0 Å². The van der Waals surface area contributed by atoms with E-state index in [1.54, 1.807) is 0 Å². The lowest BCUT2D eigenvalue weighted by Gasteiger charge is -2.44. The van der Waals surface area contributed by atoms with Gasteiger partial charge in [-0.2, -0.15) is 0 Å². The highest BCUT2D eigenvalue weighted by molar-refractivity contribution is 5.65. The maximum Gasteiger partial charge on any atom is 0.407 e. The number of morpholine rings is 1. The first-order valence-electron chi connectivity index (χ1n) is 7.05. The minimum Gasteiger partial charge on any atom is -0.465 e. The van der Waals surface area contributed by atoms with Gasteiger partial charge in [-0.15, -0.1) is 0 Å². The van der Waals surface area contributed by atoms with Crippen LogP contribution in [0, 0.1) is 0 Å². The number of carboxylic acid groups (broad SMARTS) is 1. The summed E-state index contributed by atoms with van der Waals surface area (Å²) < 4.78 is 5.52. The largest absolute Gasteiger partial charge is 0.465 e. The highest BCUT2D eigenvalue weighted by Crippen LogP contribution is 2.15. The van der Waals surface area contributed by atoms with Gasteiger partial charge in [0.15, 0.2) is 0 Å². The third-order valence-electron chi connectivity index (χ3n) is 4.18. The van der Waals surface area contributed by atoms with Gasteiger partial charge in [0.2, 0.25) is 0 Å². The van der Waals surface area contributed by atoms with Crippen molar-refractivity contribution in [2.45, 2.75) is 44.9 Å². The molecule has 2 N–H and O–H groups in total. The minimum absolute atomic E-state index is 0.0493. The molecule has 0 unspecified atom stereocenters. The van der Waals surface area contributed by atoms with Gasteiger partial charge in [-0.1, -0.05) is 0 Å². The van der Waals surface area contributed by atoms with Crippen LogP contribution in [0.3, 0.4) is 0 Å². The summed E-state index contributed by atoms with van der Waals surface area (Å²) in [6.45, 7) is 9.95. The molecule has 19 heavy (non-hydrogen) atoms. The molecule has 2 aliphatic heterocycles. The summed E-state index contributed by atoms with van der Waals surface area (Å²) in [7, 11) is 0. The molecule has 0 aromatic rings. The molecule has 110 valence electrons. The molecule has 2 heterocycles. The Bertz CT molecular complexity index is 316. The standard InChI is InChI=1S/C13H25N3O3/c1-9-4-14-12(6-16(9)13(17)18)5-15-10(2)7-19-8-11(15)3/h9-12,14H,4-8H2,1-3H3,(H,17,18)/t9-,10-,11-,12+/m1/s1. The molecule has 0 radical (unpaired) electrons. The Kier molecular flexibility index (Phi) is 4.65. The normalized spacial score (nSPS) is 37.3. The van der Waals surface area contributed by atoms with Gasteiger partial charge in [-0.3, -0.25) is 4.90 Å². The molecule has 4 atom stereocenters. The lowest BCUT2D eigenvalue weighted by molar-refractivity contribution is -0.0436. The van der Waals surface area contributed by atoms with Crippen LogP contribution < -0.4 is 5.32 Å². The van der Waals surface area contributed by atoms with Gasteiger partial charge in [-0.25, -0.2) is 4.79 Å². The SMILES string of the molecule is C[C@@H]1CN[C@@H](CN2[C@H](C)COC[C@H]2C)CN1C(=O)O. The van der Waals surface area contributed by atoms with Gasteiger partial charge in [0.25, 0.3) is 0 Å². The maximum absolute atomic E-state index is 11.2. The van der Waals surface area contributed by atoms with Crippen molar-refractivity contribution in [3.8, 4) is 0 Å². The van der Waals surface area contributed by atoms with Crippen molar-refractivity contribution in [1.82, 2.24) is 15.1 Å². The van der Waals surface area contributed by atoms with Crippen LogP contribution in [0.5, 0.6) is 0 Å². The van der Waals surface area contributed by atoms with Crippen LogP contribution in [0.1, 0.15) is 20.8 Å². The highest BCUT2D eigenvalue weighted by Gasteiger charge is 2.32. The number of nitrogens with one attached hydrogen (secondary N) is 1. The van der Waals surface area contributed by atoms with Crippen molar-refractivity contribution in [2.24, 2.45) is 0 Å². The van der Waals surface area contributed by atoms with E-state index in [1.165, 1.54) is 4.90 Å². The van der Waals surface area contributed by atoms with Crippen molar-refractivity contribution < 1.29 is 14.6 Å². The van der Waals surface area contributed by atoms with E-state index in [-0.39, 0.29) is 12.1 Å². The fourth-order valence-electron chi connectivity index (χ4n) is 2.97. The summed E-state index contributed by atoms with van der Waals surface area (Å²) in [5.41, 5.74) is 0. The zero-order valence-electron chi connectivity index (χ0n) is 12.0. The average molecular weight is 271 g/mol. The van der Waals surface area contributed by atoms with E-state index in [4.69, 9.17) is 4.74 Å². The van der Waals surface area contributed by atoms with E-state index in [0.717, 1.165) is 26.3 Å². The predicted molar refractivity (Wildman–Crippen MR) is 72.4 cm³/mol. The van der Waals surface area contributed by atoms with Gasteiger partial charge >= 0.3 is 6.09 Å². The van der Waals surface area contributed by atoms with E-state index in [1.807, 2.05) is 6.92 Å². The average Bonchev–Trinajstić information content (AvgIpc) is 2.35. The number of hydrogen-bond acceptors (Lipinski definition) is 4. The Balaban J connectivity index is 1.93. The topological polar surface area (TPSA) is 65.0 Å². The van der Waals surface area contributed by atoms with Gasteiger partial charge in [-0.05, 0) is 20.8 Å². The predicted octanol–water partition coefficient (Wildman–Crippen LogP) is 0.436. The van der Waals surface area contributed by atoms with E-state index in [2.05, 4.69) is 24.1 Å². The first-order chi connectivity index (χ1) is 8.99. The molecule has 0 spiro atoms. The third kappa shape index (κ3) is 3.38. The molecule has 2 rings (SSSR count). The molecule has 6 heteroatoms. The summed E-state index contributed by atoms with van der Waals surface area (Å²) in [6, 6.07) is 1.04. The number of carbonyl (C=O) groups is 1. The molecule has 0 aliphatic carbocycles. The molecule has 0 aromatic heterocycles. The Morgan fingerprint density at radius 3 is 2.47 bits per heavy atom. The summed E-state index contributed by atoms with van der Waals surface area (Å²) in [5.74, 6) is 0. The molecule has 0 saturated carbocycles. The number of nitrogens with zero attached hydrogens (tertiary/aromatic N) is 2. The van der Waals surface area contributed by atoms with E-state index in [9.17, 15) is 9.90 Å². The Morgan fingerprint density at radius 1 is 1.26 bits per heavy atom. The van der Waals surface area contributed by atoms with Gasteiger partial charge in [0.1, 0.15) is 0 Å². The number of ether oxygens (including phenoxy) is 1. The monoisotopic (exact) mass is 271 g/mol. The van der Waals surface area contributed by atoms with Crippen molar-refractivity contribution in [3.05, 3.63) is 0 Å². The summed E-state index contributed by atoms with van der Waals surface area (Å²) in [4.78, 5) is 15.1. The fraction of sp³-hybridized carbons (Fsp3) is 0.923. The first kappa shape index (κ1) is 14.6. The Morgan fingerprint density at radius 2 is 1.89 bits per heavy atom. The van der Waals surface area contributed by atoms with Crippen LogP contribution in [0.4, 0.5) is 4.79 Å². The highest BCUT2D eigenvalue weighted by atomic mass is 16.5. The summed E-state index contributed by atoms with van der Waals surface area (Å²) >= 11 is 0. The third-order valence-corrected chi connectivity index (χ3v) is 4.18. The fourth-order valence-corrected chi connectivity index (χ4v) is 2.97. The second-order valence-electron chi connectivity index (χ2n) is 5.82. The maximum atomic E-state index is 11.2. The van der Waals surface area contributed by atoms with Crippen molar-refractivity contribution in [2.75, 3.05) is 32.8 Å². The van der Waals surface area contributed by atoms with Gasteiger partial charge < -0.3 is 20.1 Å². The molecule has 6 nitrogen and oxygen atoms in total. The molecular weight excluding hydrogens is 246 g/mol. The van der Waals surface area contributed by atoms with Crippen LogP contribution >= 0.6 is 0 Å². The second-order valence-corrected chi connectivity index (χ2v) is 5.82. The molecule has 1 amide bonds. The Hall–Kier alpha value is -0.850. The number of rotatable bonds is 2. The van der Waals surface area contributed by atoms with Crippen molar-refractivity contribution in [3.63, 3.8) is 0 Å². The van der Waals surface area contributed by atoms with Crippen LogP contribution in [0.2, 0.25) is 0 Å². The molecule has 2 fully saturated rings. The first-order valence-corrected chi connectivity index (χ1v) is 7.05. The van der Waals surface area contributed by atoms with Crippen molar-refractivity contribution in [1.29, 1.82) is 0 Å². The van der Waals surface area contributed by atoms with Crippen LogP contribution in [-0.2, 0) is 4.74 Å². The van der Waals surface area contributed by atoms with E-state index >= 15 is 0 Å². The molecule has 2 aliphatic rings. The quantitative estimate of drug-likeness (QED) is 0.763. The molecule has 0 aromatic carbocycles. The lowest BCUT2D eigenvalue weighted by Crippen LogP contribution is -2.62. The molecule has 2 saturated heterocycles. The summed E-state index contributed by atoms with van der Waals surface area (Å²) in [5, 5.41) is 12.7. The van der Waals surface area contributed by atoms with Gasteiger partial charge in [0, 0.05) is 43.8 Å². The number of hydrogen-bond donors (Lipinski definition) is 2. The van der Waals surface area contributed by atoms with Crippen LogP contribution in [0.25, 0.3) is 0 Å². The number of piperazine rings is 1. The molecule has 0 bridgehead atoms. The van der Waals surface area contributed by atoms with E-state index < -0.39 is 6.09 Å². The molecular formula is C13H25N3O3. The van der Waals surface area contributed by atoms with E-state index in [0.29, 0.717) is 18.6 Å². The second kappa shape index (κ2) is 6.07. The number of amides is 1. The minimum atomic E-state index is -0.818. The zero-order valence-corrected chi connectivity index (χ0v) is 12.0. The van der Waals surface area contributed by atoms with Crippen molar-refractivity contribution >= 4 is 6.09 Å². The van der Waals surface area contributed by atoms with Crippen LogP contribution in [-0.4, -0.2) is 78.0 Å². The van der Waals surface area contributed by atoms with Gasteiger partial charge in [0.05, 0.1) is 13.2 Å². The summed E-state index contributed by atoms with van der Waals surface area (Å²) in [6.07, 6.45) is -0.818. The smallest absolute Gasteiger partial charge is 0.407 e. The Labute approximate surface area is 114 Å². The lowest BCUT2D eigenvalue weighted by atomic mass is 10.1. The zero-order chi connectivity index (χ0) is 14.0.